The molecular formula is C27H29ClN4O2. The number of carbonyl (C=O) groups excluding carboxylic acids is 2. The summed E-state index contributed by atoms with van der Waals surface area (Å²) in [4.78, 5) is 27.9. The van der Waals surface area contributed by atoms with Crippen LogP contribution < -0.4 is 20.9 Å². The van der Waals surface area contributed by atoms with Crippen LogP contribution in [0.5, 0.6) is 0 Å². The first-order chi connectivity index (χ1) is 16.4. The van der Waals surface area contributed by atoms with Gasteiger partial charge in [-0.1, -0.05) is 35.4 Å². The number of hydrogen-bond acceptors (Lipinski definition) is 3. The number of nitrogens with zero attached hydrogens (tertiary/aromatic N) is 1. The average molecular weight is 477 g/mol. The lowest BCUT2D eigenvalue weighted by Crippen LogP contribution is -2.31. The molecule has 0 aliphatic carbocycles. The number of carbonyl (C=O) groups is 2. The second-order valence-electron chi connectivity index (χ2n) is 8.65. The molecule has 176 valence electrons. The molecule has 3 amide bonds. The van der Waals surface area contributed by atoms with Crippen LogP contribution >= 0.6 is 11.6 Å². The summed E-state index contributed by atoms with van der Waals surface area (Å²) in [6, 6.07) is 18.1. The van der Waals surface area contributed by atoms with Crippen molar-refractivity contribution in [3.05, 3.63) is 82.4 Å². The Kier molecular flexibility index (Phi) is 7.38. The van der Waals surface area contributed by atoms with Crippen LogP contribution in [0.1, 0.15) is 40.7 Å². The third kappa shape index (κ3) is 5.88. The van der Waals surface area contributed by atoms with Gasteiger partial charge in [0, 0.05) is 35.1 Å². The normalized spacial score (nSPS) is 13.3. The summed E-state index contributed by atoms with van der Waals surface area (Å²) in [6.07, 6.45) is 3.43. The number of nitrogens with one attached hydrogen (secondary N) is 3. The van der Waals surface area contributed by atoms with Crippen LogP contribution in [0.4, 0.5) is 27.5 Å². The Bertz CT molecular complexity index is 1200. The topological polar surface area (TPSA) is 73.5 Å². The molecule has 34 heavy (non-hydrogen) atoms. The summed E-state index contributed by atoms with van der Waals surface area (Å²) in [5.41, 5.74) is 5.34. The van der Waals surface area contributed by atoms with Crippen LogP contribution in [0, 0.1) is 13.8 Å². The van der Waals surface area contributed by atoms with Crippen molar-refractivity contribution < 1.29 is 9.59 Å². The Morgan fingerprint density at radius 3 is 2.29 bits per heavy atom. The molecular weight excluding hydrogens is 448 g/mol. The summed E-state index contributed by atoms with van der Waals surface area (Å²) in [6.45, 7) is 5.72. The van der Waals surface area contributed by atoms with Gasteiger partial charge in [0.25, 0.3) is 5.91 Å². The molecule has 4 rings (SSSR count). The fraction of sp³-hybridized carbons (Fsp3) is 0.259. The highest BCUT2D eigenvalue weighted by Crippen LogP contribution is 2.32. The second kappa shape index (κ2) is 10.6. The Labute approximate surface area is 205 Å². The molecule has 0 spiro atoms. The minimum absolute atomic E-state index is 0.195. The fourth-order valence-electron chi connectivity index (χ4n) is 4.07. The van der Waals surface area contributed by atoms with Crippen molar-refractivity contribution in [2.45, 2.75) is 33.1 Å². The van der Waals surface area contributed by atoms with Gasteiger partial charge in [-0.05, 0) is 81.1 Å². The first-order valence-electron chi connectivity index (χ1n) is 11.5. The molecule has 3 aromatic carbocycles. The van der Waals surface area contributed by atoms with Crippen molar-refractivity contribution in [3.63, 3.8) is 0 Å². The first-order valence-corrected chi connectivity index (χ1v) is 11.9. The van der Waals surface area contributed by atoms with Gasteiger partial charge in [0.2, 0.25) is 0 Å². The zero-order valence-electron chi connectivity index (χ0n) is 19.5. The standard InChI is InChI=1S/C27H29ClN4O2/c1-18-7-6-8-20(15-18)26(33)29-22-11-12-25(32-13-4-3-5-14-32)24(17-22)31-27(34)30-21-10-9-19(2)23(28)16-21/h6-12,15-17H,3-5,13-14H2,1-2H3,(H,29,33)(H2,30,31,34). The summed E-state index contributed by atoms with van der Waals surface area (Å²) >= 11 is 6.20. The maximum Gasteiger partial charge on any atom is 0.323 e. The zero-order valence-corrected chi connectivity index (χ0v) is 20.2. The molecule has 0 radical (unpaired) electrons. The van der Waals surface area contributed by atoms with Crippen molar-refractivity contribution in [1.29, 1.82) is 0 Å². The van der Waals surface area contributed by atoms with E-state index >= 15 is 0 Å². The number of piperidine rings is 1. The Balaban J connectivity index is 1.56. The van der Waals surface area contributed by atoms with Gasteiger partial charge in [0.1, 0.15) is 0 Å². The lowest BCUT2D eigenvalue weighted by atomic mass is 10.1. The van der Waals surface area contributed by atoms with E-state index in [4.69, 9.17) is 11.6 Å². The number of urea groups is 1. The molecule has 7 heteroatoms. The predicted octanol–water partition coefficient (Wildman–Crippen LogP) is 6.84. The van der Waals surface area contributed by atoms with E-state index in [1.54, 1.807) is 18.2 Å². The molecule has 0 bridgehead atoms. The van der Waals surface area contributed by atoms with Crippen LogP contribution in [0.3, 0.4) is 0 Å². The highest BCUT2D eigenvalue weighted by Gasteiger charge is 2.18. The summed E-state index contributed by atoms with van der Waals surface area (Å²) in [7, 11) is 0. The third-order valence-electron chi connectivity index (χ3n) is 5.91. The van der Waals surface area contributed by atoms with E-state index in [1.807, 2.05) is 56.3 Å². The number of aryl methyl sites for hydroxylation is 2. The van der Waals surface area contributed by atoms with Crippen molar-refractivity contribution in [3.8, 4) is 0 Å². The number of halogens is 1. The molecule has 0 atom stereocenters. The molecule has 1 aliphatic heterocycles. The van der Waals surface area contributed by atoms with Crippen LogP contribution in [-0.4, -0.2) is 25.0 Å². The summed E-state index contributed by atoms with van der Waals surface area (Å²) < 4.78 is 0. The average Bonchev–Trinajstić information content (AvgIpc) is 2.82. The molecule has 3 aromatic rings. The minimum atomic E-state index is -0.375. The van der Waals surface area contributed by atoms with Crippen molar-refractivity contribution in [2.75, 3.05) is 33.9 Å². The van der Waals surface area contributed by atoms with Gasteiger partial charge in [-0.15, -0.1) is 0 Å². The van der Waals surface area contributed by atoms with Gasteiger partial charge >= 0.3 is 6.03 Å². The molecule has 0 saturated carbocycles. The van der Waals surface area contributed by atoms with Crippen LogP contribution in [0.15, 0.2) is 60.7 Å². The highest BCUT2D eigenvalue weighted by atomic mass is 35.5. The number of rotatable bonds is 5. The van der Waals surface area contributed by atoms with Gasteiger partial charge in [-0.3, -0.25) is 4.79 Å². The third-order valence-corrected chi connectivity index (χ3v) is 6.32. The number of hydrogen-bond donors (Lipinski definition) is 3. The molecule has 0 aromatic heterocycles. The van der Waals surface area contributed by atoms with Gasteiger partial charge in [0.05, 0.1) is 11.4 Å². The largest absolute Gasteiger partial charge is 0.370 e. The highest BCUT2D eigenvalue weighted by molar-refractivity contribution is 6.31. The molecule has 6 nitrogen and oxygen atoms in total. The van der Waals surface area contributed by atoms with Crippen LogP contribution in [-0.2, 0) is 0 Å². The van der Waals surface area contributed by atoms with E-state index in [0.717, 1.165) is 42.7 Å². The van der Waals surface area contributed by atoms with Gasteiger partial charge in [0.15, 0.2) is 0 Å². The monoisotopic (exact) mass is 476 g/mol. The van der Waals surface area contributed by atoms with Crippen LogP contribution in [0.25, 0.3) is 0 Å². The predicted molar refractivity (Wildman–Crippen MR) is 140 cm³/mol. The van der Waals surface area contributed by atoms with Gasteiger partial charge in [-0.25, -0.2) is 4.79 Å². The number of benzene rings is 3. The van der Waals surface area contributed by atoms with E-state index in [2.05, 4.69) is 20.9 Å². The molecule has 1 aliphatic rings. The molecule has 1 heterocycles. The summed E-state index contributed by atoms with van der Waals surface area (Å²) in [5.74, 6) is -0.195. The van der Waals surface area contributed by atoms with E-state index in [1.165, 1.54) is 6.42 Å². The van der Waals surface area contributed by atoms with E-state index in [0.29, 0.717) is 27.6 Å². The van der Waals surface area contributed by atoms with Gasteiger partial charge in [-0.2, -0.15) is 0 Å². The maximum atomic E-state index is 12.8. The van der Waals surface area contributed by atoms with Crippen molar-refractivity contribution in [2.24, 2.45) is 0 Å². The number of anilines is 4. The molecule has 3 N–H and O–H groups in total. The SMILES string of the molecule is Cc1cccc(C(=O)Nc2ccc(N3CCCCC3)c(NC(=O)Nc3ccc(C)c(Cl)c3)c2)c1. The first kappa shape index (κ1) is 23.6. The zero-order chi connectivity index (χ0) is 24.1. The lowest BCUT2D eigenvalue weighted by molar-refractivity contribution is 0.102. The molecule has 1 fully saturated rings. The minimum Gasteiger partial charge on any atom is -0.370 e. The van der Waals surface area contributed by atoms with Crippen LogP contribution in [0.2, 0.25) is 5.02 Å². The van der Waals surface area contributed by atoms with Crippen molar-refractivity contribution >= 4 is 46.3 Å². The van der Waals surface area contributed by atoms with Crippen molar-refractivity contribution in [1.82, 2.24) is 0 Å². The lowest BCUT2D eigenvalue weighted by Gasteiger charge is -2.31. The van der Waals surface area contributed by atoms with E-state index in [-0.39, 0.29) is 11.9 Å². The van der Waals surface area contributed by atoms with E-state index in [9.17, 15) is 9.59 Å². The summed E-state index contributed by atoms with van der Waals surface area (Å²) in [5, 5.41) is 9.34. The quantitative estimate of drug-likeness (QED) is 0.377. The smallest absolute Gasteiger partial charge is 0.323 e. The Hall–Kier alpha value is -3.51. The second-order valence-corrected chi connectivity index (χ2v) is 9.05. The maximum absolute atomic E-state index is 12.8. The van der Waals surface area contributed by atoms with E-state index < -0.39 is 0 Å². The molecule has 0 unspecified atom stereocenters. The Morgan fingerprint density at radius 2 is 1.56 bits per heavy atom. The number of amides is 3. The Morgan fingerprint density at radius 1 is 0.824 bits per heavy atom. The molecule has 1 saturated heterocycles. The van der Waals surface area contributed by atoms with Gasteiger partial charge < -0.3 is 20.9 Å². The fourth-order valence-corrected chi connectivity index (χ4v) is 4.25.